The second-order valence-corrected chi connectivity index (χ2v) is 4.33. The monoisotopic (exact) mass is 259 g/mol. The molecule has 0 bridgehead atoms. The van der Waals surface area contributed by atoms with Crippen molar-refractivity contribution >= 4 is 11.9 Å². The molecular formula is C13H25NO4. The first-order chi connectivity index (χ1) is 8.47. The van der Waals surface area contributed by atoms with Crippen LogP contribution in [0.15, 0.2) is 0 Å². The van der Waals surface area contributed by atoms with Crippen LogP contribution in [0, 0.1) is 5.92 Å². The summed E-state index contributed by atoms with van der Waals surface area (Å²) < 4.78 is 9.67. The van der Waals surface area contributed by atoms with Crippen LogP contribution in [0.4, 0.5) is 0 Å². The second kappa shape index (κ2) is 8.91. The first kappa shape index (κ1) is 16.9. The van der Waals surface area contributed by atoms with Gasteiger partial charge in [0.2, 0.25) is 0 Å². The highest BCUT2D eigenvalue weighted by Gasteiger charge is 2.27. The van der Waals surface area contributed by atoms with E-state index in [9.17, 15) is 9.59 Å². The third-order valence-corrected chi connectivity index (χ3v) is 3.02. The fourth-order valence-corrected chi connectivity index (χ4v) is 1.79. The zero-order valence-corrected chi connectivity index (χ0v) is 12.1. The summed E-state index contributed by atoms with van der Waals surface area (Å²) in [6, 6.07) is -0.0539. The number of rotatable bonds is 8. The molecule has 18 heavy (non-hydrogen) atoms. The molecule has 0 rings (SSSR count). The van der Waals surface area contributed by atoms with E-state index in [-0.39, 0.29) is 30.4 Å². The minimum Gasteiger partial charge on any atom is -0.469 e. The molecule has 0 amide bonds. The van der Waals surface area contributed by atoms with Crippen LogP contribution in [0.1, 0.15) is 34.1 Å². The van der Waals surface area contributed by atoms with Gasteiger partial charge in [-0.15, -0.1) is 0 Å². The number of nitrogens with zero attached hydrogens (tertiary/aromatic N) is 1. The van der Waals surface area contributed by atoms with Gasteiger partial charge in [0.1, 0.15) is 0 Å². The van der Waals surface area contributed by atoms with Gasteiger partial charge in [-0.2, -0.15) is 0 Å². The average Bonchev–Trinajstić information content (AvgIpc) is 2.35. The quantitative estimate of drug-likeness (QED) is 0.618. The number of hydrogen-bond acceptors (Lipinski definition) is 5. The highest BCUT2D eigenvalue weighted by molar-refractivity contribution is 5.73. The van der Waals surface area contributed by atoms with Gasteiger partial charge in [0, 0.05) is 6.04 Å². The molecule has 0 aliphatic rings. The fourth-order valence-electron chi connectivity index (χ4n) is 1.79. The molecule has 0 radical (unpaired) electrons. The molecule has 0 aliphatic carbocycles. The number of esters is 2. The Hall–Kier alpha value is -1.10. The minimum atomic E-state index is -0.268. The Morgan fingerprint density at radius 3 is 2.28 bits per heavy atom. The standard InChI is InChI=1S/C13H25NO4/c1-6-8-14(9-12(15)18-7-2)11(4)10(3)13(16)17-5/h10-11H,6-9H2,1-5H3. The molecule has 0 aromatic rings. The molecule has 5 nitrogen and oxygen atoms in total. The Morgan fingerprint density at radius 1 is 1.22 bits per heavy atom. The van der Waals surface area contributed by atoms with E-state index in [1.165, 1.54) is 7.11 Å². The summed E-state index contributed by atoms with van der Waals surface area (Å²) in [6.45, 7) is 8.89. The molecule has 0 fully saturated rings. The third kappa shape index (κ3) is 5.49. The fraction of sp³-hybridized carbons (Fsp3) is 0.846. The highest BCUT2D eigenvalue weighted by Crippen LogP contribution is 2.13. The number of ether oxygens (including phenoxy) is 2. The number of methoxy groups -OCH3 is 1. The zero-order chi connectivity index (χ0) is 14.1. The Kier molecular flexibility index (Phi) is 8.37. The lowest BCUT2D eigenvalue weighted by atomic mass is 10.0. The van der Waals surface area contributed by atoms with Crippen LogP contribution in [0.5, 0.6) is 0 Å². The van der Waals surface area contributed by atoms with Crippen molar-refractivity contribution in [3.8, 4) is 0 Å². The van der Waals surface area contributed by atoms with Crippen LogP contribution in [0.25, 0.3) is 0 Å². The van der Waals surface area contributed by atoms with Gasteiger partial charge in [0.15, 0.2) is 0 Å². The molecule has 5 heteroatoms. The lowest BCUT2D eigenvalue weighted by molar-refractivity contribution is -0.150. The molecule has 0 saturated carbocycles. The van der Waals surface area contributed by atoms with Crippen molar-refractivity contribution in [3.05, 3.63) is 0 Å². The average molecular weight is 259 g/mol. The molecule has 0 aromatic carbocycles. The van der Waals surface area contributed by atoms with Gasteiger partial charge in [-0.1, -0.05) is 13.8 Å². The topological polar surface area (TPSA) is 55.8 Å². The number of carbonyl (C=O) groups is 2. The maximum absolute atomic E-state index is 11.5. The maximum atomic E-state index is 11.5. The van der Waals surface area contributed by atoms with Crippen molar-refractivity contribution in [2.45, 2.75) is 40.2 Å². The van der Waals surface area contributed by atoms with Gasteiger partial charge in [-0.05, 0) is 26.8 Å². The van der Waals surface area contributed by atoms with E-state index in [2.05, 4.69) is 0 Å². The molecule has 0 N–H and O–H groups in total. The third-order valence-electron chi connectivity index (χ3n) is 3.02. The summed E-state index contributed by atoms with van der Waals surface area (Å²) in [5.41, 5.74) is 0. The van der Waals surface area contributed by atoms with Crippen LogP contribution >= 0.6 is 0 Å². The summed E-state index contributed by atoms with van der Waals surface area (Å²) in [6.07, 6.45) is 0.914. The largest absolute Gasteiger partial charge is 0.469 e. The molecule has 0 aliphatic heterocycles. The first-order valence-corrected chi connectivity index (χ1v) is 6.45. The first-order valence-electron chi connectivity index (χ1n) is 6.45. The summed E-state index contributed by atoms with van der Waals surface area (Å²) in [7, 11) is 1.38. The van der Waals surface area contributed by atoms with Gasteiger partial charge >= 0.3 is 11.9 Å². The van der Waals surface area contributed by atoms with E-state index in [0.29, 0.717) is 6.61 Å². The Bertz CT molecular complexity index is 268. The lowest BCUT2D eigenvalue weighted by Gasteiger charge is -2.30. The van der Waals surface area contributed by atoms with Crippen molar-refractivity contribution < 1.29 is 19.1 Å². The predicted molar refractivity (Wildman–Crippen MR) is 69.1 cm³/mol. The van der Waals surface area contributed by atoms with Crippen molar-refractivity contribution in [2.75, 3.05) is 26.8 Å². The number of carbonyl (C=O) groups excluding carboxylic acids is 2. The van der Waals surface area contributed by atoms with Crippen LogP contribution < -0.4 is 0 Å². The van der Waals surface area contributed by atoms with E-state index < -0.39 is 0 Å². The summed E-state index contributed by atoms with van der Waals surface area (Å²) in [5.74, 6) is -0.779. The van der Waals surface area contributed by atoms with Gasteiger partial charge in [0.25, 0.3) is 0 Å². The molecule has 0 heterocycles. The predicted octanol–water partition coefficient (Wildman–Crippen LogP) is 1.46. The lowest BCUT2D eigenvalue weighted by Crippen LogP contribution is -2.44. The number of hydrogen-bond donors (Lipinski definition) is 0. The molecule has 106 valence electrons. The Balaban J connectivity index is 4.56. The minimum absolute atomic E-state index is 0.0539. The SMILES string of the molecule is CCCN(CC(=O)OCC)C(C)C(C)C(=O)OC. The Labute approximate surface area is 109 Å². The summed E-state index contributed by atoms with van der Waals surface area (Å²) in [4.78, 5) is 25.0. The zero-order valence-electron chi connectivity index (χ0n) is 12.1. The second-order valence-electron chi connectivity index (χ2n) is 4.33. The molecular weight excluding hydrogens is 234 g/mol. The van der Waals surface area contributed by atoms with E-state index in [0.717, 1.165) is 13.0 Å². The summed E-state index contributed by atoms with van der Waals surface area (Å²) in [5, 5.41) is 0. The van der Waals surface area contributed by atoms with Gasteiger partial charge in [-0.25, -0.2) is 0 Å². The highest BCUT2D eigenvalue weighted by atomic mass is 16.5. The van der Waals surface area contributed by atoms with Gasteiger partial charge in [-0.3, -0.25) is 14.5 Å². The van der Waals surface area contributed by atoms with Crippen LogP contribution in [0.3, 0.4) is 0 Å². The van der Waals surface area contributed by atoms with E-state index in [4.69, 9.17) is 9.47 Å². The molecule has 0 saturated heterocycles. The Morgan fingerprint density at radius 2 is 1.83 bits per heavy atom. The summed E-state index contributed by atoms with van der Waals surface area (Å²) >= 11 is 0. The van der Waals surface area contributed by atoms with Gasteiger partial charge < -0.3 is 9.47 Å². The van der Waals surface area contributed by atoms with E-state index in [1.54, 1.807) is 6.92 Å². The van der Waals surface area contributed by atoms with Crippen LogP contribution in [0.2, 0.25) is 0 Å². The van der Waals surface area contributed by atoms with Crippen LogP contribution in [-0.4, -0.2) is 49.7 Å². The van der Waals surface area contributed by atoms with E-state index >= 15 is 0 Å². The maximum Gasteiger partial charge on any atom is 0.320 e. The van der Waals surface area contributed by atoms with E-state index in [1.807, 2.05) is 25.7 Å². The molecule has 2 unspecified atom stereocenters. The van der Waals surface area contributed by atoms with Crippen molar-refractivity contribution in [3.63, 3.8) is 0 Å². The van der Waals surface area contributed by atoms with Crippen LogP contribution in [-0.2, 0) is 19.1 Å². The molecule has 0 spiro atoms. The normalized spacial score (nSPS) is 14.1. The van der Waals surface area contributed by atoms with Gasteiger partial charge in [0.05, 0.1) is 26.2 Å². The smallest absolute Gasteiger partial charge is 0.320 e. The van der Waals surface area contributed by atoms with Crippen molar-refractivity contribution in [2.24, 2.45) is 5.92 Å². The molecule has 2 atom stereocenters. The molecule has 0 aromatic heterocycles. The van der Waals surface area contributed by atoms with Crippen molar-refractivity contribution in [1.82, 2.24) is 4.90 Å². The van der Waals surface area contributed by atoms with Crippen molar-refractivity contribution in [1.29, 1.82) is 0 Å².